The maximum absolute atomic E-state index is 11.8. The first-order valence-electron chi connectivity index (χ1n) is 7.06. The lowest BCUT2D eigenvalue weighted by atomic mass is 10.2. The van der Waals surface area contributed by atoms with E-state index in [1.54, 1.807) is 7.05 Å². The van der Waals surface area contributed by atoms with Crippen LogP contribution in [0.25, 0.3) is 0 Å². The number of carbonyl (C=O) groups excluding carboxylic acids is 2. The minimum absolute atomic E-state index is 0. The maximum atomic E-state index is 11.8. The predicted octanol–water partition coefficient (Wildman–Crippen LogP) is 2.04. The Morgan fingerprint density at radius 1 is 1.26 bits per heavy atom. The van der Waals surface area contributed by atoms with E-state index in [9.17, 15) is 9.59 Å². The van der Waals surface area contributed by atoms with Crippen LogP contribution in [0.3, 0.4) is 0 Å². The molecule has 1 unspecified atom stereocenters. The molecule has 2 N–H and O–H groups in total. The summed E-state index contributed by atoms with van der Waals surface area (Å²) in [6, 6.07) is 8.55. The van der Waals surface area contributed by atoms with Gasteiger partial charge in [0.25, 0.3) is 0 Å². The molecular formula is C16H23ClN2O4. The molecule has 1 atom stereocenters. The molecule has 0 spiro atoms. The maximum Gasteiger partial charge on any atom is 0.408 e. The van der Waals surface area contributed by atoms with Gasteiger partial charge in [0.05, 0.1) is 0 Å². The molecule has 1 rings (SSSR count). The second kappa shape index (κ2) is 12.5. The van der Waals surface area contributed by atoms with Crippen LogP contribution in [0.2, 0.25) is 0 Å². The number of hydrogen-bond donors (Lipinski definition) is 2. The van der Waals surface area contributed by atoms with E-state index in [2.05, 4.69) is 17.2 Å². The first kappa shape index (κ1) is 20.9. The number of nitrogens with one attached hydrogen (secondary N) is 2. The fourth-order valence-corrected chi connectivity index (χ4v) is 1.69. The average Bonchev–Trinajstić information content (AvgIpc) is 2.55. The summed E-state index contributed by atoms with van der Waals surface area (Å²) in [5.41, 5.74) is 0.874. The standard InChI is InChI=1S/C16H22N2O4.ClH/c1-3-11-21-15(19)14(9-10-17-2)18-16(20)22-12-13-7-5-4-6-8-13;/h3-8,14,17H,1,9-12H2,2H3,(H,18,20);1H. The molecule has 0 saturated heterocycles. The van der Waals surface area contributed by atoms with Crippen LogP contribution in [0.15, 0.2) is 43.0 Å². The van der Waals surface area contributed by atoms with Crippen LogP contribution < -0.4 is 10.6 Å². The van der Waals surface area contributed by atoms with E-state index in [-0.39, 0.29) is 25.6 Å². The van der Waals surface area contributed by atoms with Crippen molar-refractivity contribution in [2.24, 2.45) is 0 Å². The number of benzene rings is 1. The summed E-state index contributed by atoms with van der Waals surface area (Å²) < 4.78 is 10.1. The van der Waals surface area contributed by atoms with Crippen molar-refractivity contribution in [3.8, 4) is 0 Å². The second-order valence-electron chi connectivity index (χ2n) is 4.57. The first-order chi connectivity index (χ1) is 10.7. The minimum Gasteiger partial charge on any atom is -0.460 e. The first-order valence-corrected chi connectivity index (χ1v) is 7.06. The van der Waals surface area contributed by atoms with Gasteiger partial charge in [-0.15, -0.1) is 12.4 Å². The van der Waals surface area contributed by atoms with Crippen molar-refractivity contribution >= 4 is 24.5 Å². The van der Waals surface area contributed by atoms with E-state index in [0.29, 0.717) is 13.0 Å². The van der Waals surface area contributed by atoms with Crippen molar-refractivity contribution in [1.82, 2.24) is 10.6 Å². The Bertz CT molecular complexity index is 482. The average molecular weight is 343 g/mol. The van der Waals surface area contributed by atoms with E-state index < -0.39 is 18.1 Å². The number of alkyl carbamates (subject to hydrolysis) is 1. The number of rotatable bonds is 9. The van der Waals surface area contributed by atoms with Gasteiger partial charge in [-0.05, 0) is 25.6 Å². The Morgan fingerprint density at radius 2 is 1.96 bits per heavy atom. The highest BCUT2D eigenvalue weighted by molar-refractivity contribution is 5.85. The van der Waals surface area contributed by atoms with Crippen molar-refractivity contribution in [3.05, 3.63) is 48.6 Å². The molecule has 23 heavy (non-hydrogen) atoms. The highest BCUT2D eigenvalue weighted by Crippen LogP contribution is 2.02. The zero-order chi connectivity index (χ0) is 16.2. The SMILES string of the molecule is C=CCOC(=O)C(CCNC)NC(=O)OCc1ccccc1.Cl. The molecule has 0 aliphatic heterocycles. The molecule has 0 radical (unpaired) electrons. The summed E-state index contributed by atoms with van der Waals surface area (Å²) in [4.78, 5) is 23.6. The van der Waals surface area contributed by atoms with Gasteiger partial charge in [0, 0.05) is 0 Å². The Kier molecular flexibility index (Phi) is 11.4. The van der Waals surface area contributed by atoms with Crippen LogP contribution in [0.5, 0.6) is 0 Å². The third kappa shape index (κ3) is 8.85. The van der Waals surface area contributed by atoms with Gasteiger partial charge in [-0.3, -0.25) is 0 Å². The third-order valence-corrected chi connectivity index (χ3v) is 2.82. The summed E-state index contributed by atoms with van der Waals surface area (Å²) in [6.07, 6.45) is 1.23. The molecule has 128 valence electrons. The normalized spacial score (nSPS) is 10.8. The molecule has 6 nitrogen and oxygen atoms in total. The van der Waals surface area contributed by atoms with Gasteiger partial charge < -0.3 is 20.1 Å². The lowest BCUT2D eigenvalue weighted by molar-refractivity contribution is -0.144. The molecule has 0 aliphatic rings. The van der Waals surface area contributed by atoms with E-state index in [4.69, 9.17) is 9.47 Å². The molecule has 0 saturated carbocycles. The van der Waals surface area contributed by atoms with Crippen LogP contribution in [0.4, 0.5) is 4.79 Å². The van der Waals surface area contributed by atoms with Crippen molar-refractivity contribution in [2.45, 2.75) is 19.1 Å². The third-order valence-electron chi connectivity index (χ3n) is 2.82. The Hall–Kier alpha value is -2.05. The summed E-state index contributed by atoms with van der Waals surface area (Å²) in [5, 5.41) is 5.44. The summed E-state index contributed by atoms with van der Waals surface area (Å²) in [5.74, 6) is -0.508. The highest BCUT2D eigenvalue weighted by atomic mass is 35.5. The fourth-order valence-electron chi connectivity index (χ4n) is 1.69. The van der Waals surface area contributed by atoms with Crippen LogP contribution in [0, 0.1) is 0 Å². The smallest absolute Gasteiger partial charge is 0.408 e. The second-order valence-corrected chi connectivity index (χ2v) is 4.57. The minimum atomic E-state index is -0.754. The highest BCUT2D eigenvalue weighted by Gasteiger charge is 2.22. The number of amides is 1. The van der Waals surface area contributed by atoms with Gasteiger partial charge in [0.2, 0.25) is 0 Å². The van der Waals surface area contributed by atoms with Gasteiger partial charge >= 0.3 is 12.1 Å². The fraction of sp³-hybridized carbons (Fsp3) is 0.375. The molecule has 1 aromatic rings. The Morgan fingerprint density at radius 3 is 2.57 bits per heavy atom. The largest absolute Gasteiger partial charge is 0.460 e. The van der Waals surface area contributed by atoms with Crippen molar-refractivity contribution in [1.29, 1.82) is 0 Å². The van der Waals surface area contributed by atoms with Crippen molar-refractivity contribution in [2.75, 3.05) is 20.2 Å². The number of carbonyl (C=O) groups is 2. The van der Waals surface area contributed by atoms with Gasteiger partial charge in [-0.25, -0.2) is 9.59 Å². The van der Waals surface area contributed by atoms with Crippen LogP contribution in [0.1, 0.15) is 12.0 Å². The molecule has 0 bridgehead atoms. The van der Waals surface area contributed by atoms with Crippen molar-refractivity contribution < 1.29 is 19.1 Å². The van der Waals surface area contributed by atoms with Gasteiger partial charge in [0.15, 0.2) is 0 Å². The molecular weight excluding hydrogens is 320 g/mol. The molecule has 1 amide bonds. The van der Waals surface area contributed by atoms with Crippen molar-refractivity contribution in [3.63, 3.8) is 0 Å². The van der Waals surface area contributed by atoms with E-state index >= 15 is 0 Å². The van der Waals surface area contributed by atoms with E-state index in [1.165, 1.54) is 6.08 Å². The Balaban J connectivity index is 0.00000484. The lowest BCUT2D eigenvalue weighted by Crippen LogP contribution is -2.43. The van der Waals surface area contributed by atoms with Crippen LogP contribution >= 0.6 is 12.4 Å². The van der Waals surface area contributed by atoms with E-state index in [1.807, 2.05) is 30.3 Å². The number of halogens is 1. The molecule has 0 heterocycles. The van der Waals surface area contributed by atoms with Crippen LogP contribution in [-0.2, 0) is 20.9 Å². The zero-order valence-electron chi connectivity index (χ0n) is 13.1. The van der Waals surface area contributed by atoms with Gasteiger partial charge in [-0.2, -0.15) is 0 Å². The predicted molar refractivity (Wildman–Crippen MR) is 90.5 cm³/mol. The molecule has 0 aliphatic carbocycles. The molecule has 0 fully saturated rings. The molecule has 1 aromatic carbocycles. The van der Waals surface area contributed by atoms with E-state index in [0.717, 1.165) is 5.56 Å². The van der Waals surface area contributed by atoms with Gasteiger partial charge in [-0.1, -0.05) is 43.0 Å². The lowest BCUT2D eigenvalue weighted by Gasteiger charge is -2.17. The number of ether oxygens (including phenoxy) is 2. The number of hydrogen-bond acceptors (Lipinski definition) is 5. The summed E-state index contributed by atoms with van der Waals surface area (Å²) >= 11 is 0. The zero-order valence-corrected chi connectivity index (χ0v) is 13.9. The van der Waals surface area contributed by atoms with Gasteiger partial charge in [0.1, 0.15) is 19.3 Å². The topological polar surface area (TPSA) is 76.7 Å². The monoisotopic (exact) mass is 342 g/mol. The summed E-state index contributed by atoms with van der Waals surface area (Å²) in [7, 11) is 1.76. The quantitative estimate of drug-likeness (QED) is 0.530. The van der Waals surface area contributed by atoms with Crippen LogP contribution in [-0.4, -0.2) is 38.3 Å². The molecule has 0 aromatic heterocycles. The number of esters is 1. The molecule has 7 heteroatoms. The summed E-state index contributed by atoms with van der Waals surface area (Å²) in [6.45, 7) is 4.29. The Labute approximate surface area is 142 Å².